The molecule has 0 aromatic carbocycles. The van der Waals surface area contributed by atoms with E-state index in [4.69, 9.17) is 15.3 Å². The molecule has 1 fully saturated rings. The van der Waals surface area contributed by atoms with Crippen molar-refractivity contribution in [2.45, 2.75) is 0 Å². The topological polar surface area (TPSA) is 173 Å². The van der Waals surface area contributed by atoms with E-state index in [1.165, 1.54) is 0 Å². The average Bonchev–Trinajstić information content (AvgIpc) is 2.45. The zero-order chi connectivity index (χ0) is 18.4. The van der Waals surface area contributed by atoms with Crippen LogP contribution in [0.15, 0.2) is 0 Å². The molecule has 0 aromatic rings. The van der Waals surface area contributed by atoms with Gasteiger partial charge in [0.15, 0.2) is 0 Å². The second-order valence-electron chi connectivity index (χ2n) is 4.93. The fourth-order valence-corrected chi connectivity index (χ4v) is 1.98. The quantitative estimate of drug-likeness (QED) is 0.446. The minimum Gasteiger partial charge on any atom is -0.480 e. The lowest BCUT2D eigenvalue weighted by Crippen LogP contribution is -2.46. The molecule has 12 heteroatoms. The molecule has 12 nitrogen and oxygen atoms in total. The summed E-state index contributed by atoms with van der Waals surface area (Å²) in [5.41, 5.74) is 0. The van der Waals surface area contributed by atoms with Crippen molar-refractivity contribution in [1.82, 2.24) is 14.7 Å². The second kappa shape index (κ2) is 7.89. The number of rotatable bonds is 6. The lowest BCUT2D eigenvalue weighted by molar-refractivity contribution is -0.149. The average molecular weight is 345 g/mol. The van der Waals surface area contributed by atoms with Crippen LogP contribution in [0.5, 0.6) is 0 Å². The molecule has 1 aliphatic heterocycles. The minimum absolute atomic E-state index is 0.618. The normalized spacial score (nSPS) is 16.5. The Labute approximate surface area is 134 Å². The van der Waals surface area contributed by atoms with Crippen molar-refractivity contribution in [2.24, 2.45) is 0 Å². The first-order valence-electron chi connectivity index (χ1n) is 6.59. The van der Waals surface area contributed by atoms with Crippen LogP contribution in [0, 0.1) is 0 Å². The molecule has 0 bridgehead atoms. The zero-order valence-corrected chi connectivity index (χ0v) is 12.4. The molecule has 3 N–H and O–H groups in total. The molecule has 0 radical (unpaired) electrons. The lowest BCUT2D eigenvalue weighted by Gasteiger charge is -2.22. The molecule has 1 saturated heterocycles. The van der Waals surface area contributed by atoms with E-state index < -0.39 is 74.9 Å². The molecule has 1 rings (SSSR count). The third-order valence-corrected chi connectivity index (χ3v) is 3.01. The summed E-state index contributed by atoms with van der Waals surface area (Å²) < 4.78 is 0. The number of amides is 3. The van der Waals surface area contributed by atoms with E-state index in [2.05, 4.69) is 0 Å². The Morgan fingerprint density at radius 2 is 0.833 bits per heavy atom. The molecule has 1 heterocycles. The van der Waals surface area contributed by atoms with Crippen LogP contribution in [0.25, 0.3) is 0 Å². The van der Waals surface area contributed by atoms with Gasteiger partial charge in [0.25, 0.3) is 0 Å². The van der Waals surface area contributed by atoms with Crippen molar-refractivity contribution < 1.29 is 44.1 Å². The first-order chi connectivity index (χ1) is 11.1. The Hall–Kier alpha value is -3.18. The van der Waals surface area contributed by atoms with E-state index >= 15 is 0 Å². The van der Waals surface area contributed by atoms with Crippen LogP contribution in [0.3, 0.4) is 0 Å². The van der Waals surface area contributed by atoms with E-state index in [1.807, 2.05) is 0 Å². The summed E-state index contributed by atoms with van der Waals surface area (Å²) in [7, 11) is 0. The van der Waals surface area contributed by atoms with Gasteiger partial charge in [0, 0.05) is 0 Å². The highest BCUT2D eigenvalue weighted by Gasteiger charge is 2.32. The standard InChI is InChI=1S/C12H15N3O9/c16-7-1-13(4-10(19)20)8(17)2-15(6-12(23)24)9(18)3-14(7)5-11(21)22/h1-6H2,(H,19,20)(H,21,22)(H,23,24). The van der Waals surface area contributed by atoms with Crippen molar-refractivity contribution in [3.05, 3.63) is 0 Å². The number of carboxylic acids is 3. The highest BCUT2D eigenvalue weighted by Crippen LogP contribution is 2.04. The Morgan fingerprint density at radius 1 is 0.625 bits per heavy atom. The van der Waals surface area contributed by atoms with Gasteiger partial charge in [-0.05, 0) is 0 Å². The molecule has 0 aromatic heterocycles. The Bertz CT molecular complexity index is 507. The van der Waals surface area contributed by atoms with E-state index in [1.54, 1.807) is 0 Å². The van der Waals surface area contributed by atoms with Gasteiger partial charge in [0.2, 0.25) is 17.7 Å². The monoisotopic (exact) mass is 345 g/mol. The Balaban J connectivity index is 3.13. The number of aliphatic carboxylic acids is 3. The summed E-state index contributed by atoms with van der Waals surface area (Å²) >= 11 is 0. The number of carboxylic acid groups (broad SMARTS) is 3. The van der Waals surface area contributed by atoms with Crippen molar-refractivity contribution in [3.8, 4) is 0 Å². The van der Waals surface area contributed by atoms with Gasteiger partial charge in [-0.15, -0.1) is 0 Å². The molecular weight excluding hydrogens is 330 g/mol. The van der Waals surface area contributed by atoms with Gasteiger partial charge in [0.05, 0.1) is 0 Å². The van der Waals surface area contributed by atoms with Crippen molar-refractivity contribution >= 4 is 35.6 Å². The molecule has 24 heavy (non-hydrogen) atoms. The van der Waals surface area contributed by atoms with Gasteiger partial charge in [-0.1, -0.05) is 0 Å². The summed E-state index contributed by atoms with van der Waals surface area (Å²) in [4.78, 5) is 70.4. The summed E-state index contributed by atoms with van der Waals surface area (Å²) in [5, 5.41) is 26.4. The maximum Gasteiger partial charge on any atom is 0.323 e. The summed E-state index contributed by atoms with van der Waals surface area (Å²) in [6.07, 6.45) is 0. The van der Waals surface area contributed by atoms with Crippen LogP contribution in [0.1, 0.15) is 0 Å². The molecular formula is C12H15N3O9. The van der Waals surface area contributed by atoms with Gasteiger partial charge >= 0.3 is 17.9 Å². The van der Waals surface area contributed by atoms with Crippen molar-refractivity contribution in [3.63, 3.8) is 0 Å². The molecule has 0 unspecified atom stereocenters. The summed E-state index contributed by atoms with van der Waals surface area (Å²) in [6, 6.07) is 0. The third-order valence-electron chi connectivity index (χ3n) is 3.01. The Morgan fingerprint density at radius 3 is 1.00 bits per heavy atom. The summed E-state index contributed by atoms with van der Waals surface area (Å²) in [5.74, 6) is -7.06. The number of carbonyl (C=O) groups is 6. The fraction of sp³-hybridized carbons (Fsp3) is 0.500. The second-order valence-corrected chi connectivity index (χ2v) is 4.93. The first-order valence-corrected chi connectivity index (χ1v) is 6.59. The molecule has 0 spiro atoms. The van der Waals surface area contributed by atoms with Crippen LogP contribution in [-0.2, 0) is 28.8 Å². The highest BCUT2D eigenvalue weighted by atomic mass is 16.4. The molecule has 0 aliphatic carbocycles. The van der Waals surface area contributed by atoms with Crippen LogP contribution >= 0.6 is 0 Å². The molecule has 0 saturated carbocycles. The highest BCUT2D eigenvalue weighted by molar-refractivity contribution is 5.96. The summed E-state index contributed by atoms with van der Waals surface area (Å²) in [6.45, 7) is -4.73. The van der Waals surface area contributed by atoms with E-state index in [9.17, 15) is 28.8 Å². The third kappa shape index (κ3) is 5.55. The van der Waals surface area contributed by atoms with Crippen LogP contribution in [0.2, 0.25) is 0 Å². The first kappa shape index (κ1) is 18.9. The molecule has 0 atom stereocenters. The largest absolute Gasteiger partial charge is 0.480 e. The van der Waals surface area contributed by atoms with E-state index in [0.717, 1.165) is 0 Å². The maximum atomic E-state index is 12.1. The van der Waals surface area contributed by atoms with Gasteiger partial charge in [-0.3, -0.25) is 28.8 Å². The number of hydrogen-bond acceptors (Lipinski definition) is 6. The smallest absolute Gasteiger partial charge is 0.323 e. The van der Waals surface area contributed by atoms with Crippen molar-refractivity contribution in [1.29, 1.82) is 0 Å². The van der Waals surface area contributed by atoms with Crippen LogP contribution in [-0.4, -0.2) is 105 Å². The van der Waals surface area contributed by atoms with Crippen LogP contribution < -0.4 is 0 Å². The van der Waals surface area contributed by atoms with Gasteiger partial charge in [-0.25, -0.2) is 0 Å². The van der Waals surface area contributed by atoms with Gasteiger partial charge in [-0.2, -0.15) is 0 Å². The SMILES string of the molecule is O=C(O)CN1CC(=O)N(CC(=O)O)CC(=O)N(CC(=O)O)CC1=O. The van der Waals surface area contributed by atoms with E-state index in [0.29, 0.717) is 14.7 Å². The number of nitrogens with zero attached hydrogens (tertiary/aromatic N) is 3. The van der Waals surface area contributed by atoms with Crippen LogP contribution in [0.4, 0.5) is 0 Å². The number of hydrogen-bond donors (Lipinski definition) is 3. The molecule has 1 aliphatic rings. The van der Waals surface area contributed by atoms with Gasteiger partial charge < -0.3 is 30.0 Å². The predicted molar refractivity (Wildman–Crippen MR) is 72.6 cm³/mol. The predicted octanol–water partition coefficient (Wildman–Crippen LogP) is -3.26. The minimum atomic E-state index is -1.42. The fourth-order valence-electron chi connectivity index (χ4n) is 1.98. The molecule has 3 amide bonds. The van der Waals surface area contributed by atoms with Crippen molar-refractivity contribution in [2.75, 3.05) is 39.3 Å². The Kier molecular flexibility index (Phi) is 6.21. The maximum absolute atomic E-state index is 12.1. The van der Waals surface area contributed by atoms with Gasteiger partial charge in [0.1, 0.15) is 39.3 Å². The molecule has 132 valence electrons. The zero-order valence-electron chi connectivity index (χ0n) is 12.4. The lowest BCUT2D eigenvalue weighted by atomic mass is 10.3. The van der Waals surface area contributed by atoms with E-state index in [-0.39, 0.29) is 0 Å². The number of carbonyl (C=O) groups excluding carboxylic acids is 3.